The van der Waals surface area contributed by atoms with Gasteiger partial charge in [0, 0.05) is 23.9 Å². The van der Waals surface area contributed by atoms with Crippen LogP contribution < -0.4 is 11.1 Å². The van der Waals surface area contributed by atoms with Crippen molar-refractivity contribution in [3.63, 3.8) is 0 Å². The van der Waals surface area contributed by atoms with Crippen molar-refractivity contribution in [2.45, 2.75) is 57.8 Å². The average Bonchev–Trinajstić information content (AvgIpc) is 3.17. The Morgan fingerprint density at radius 3 is 2.33 bits per heavy atom. The van der Waals surface area contributed by atoms with Crippen LogP contribution in [0.5, 0.6) is 0 Å². The topological polar surface area (TPSA) is 95.7 Å². The summed E-state index contributed by atoms with van der Waals surface area (Å²) in [6.45, 7) is 3.58. The molecular weight excluding hydrogens is 400 g/mol. The van der Waals surface area contributed by atoms with E-state index in [2.05, 4.69) is 15.1 Å². The molecule has 0 saturated carbocycles. The number of aryl methyl sites for hydroxylation is 1. The number of rotatable bonds is 5. The first-order valence-corrected chi connectivity index (χ1v) is 12.1. The van der Waals surface area contributed by atoms with Crippen molar-refractivity contribution >= 4 is 34.1 Å². The molecular formula is C22H32N4O3S. The number of nitrogens with zero attached hydrogens (tertiary/aromatic N) is 2. The molecule has 164 valence electrons. The van der Waals surface area contributed by atoms with Crippen LogP contribution in [0, 0.1) is 5.92 Å². The van der Waals surface area contributed by atoms with Gasteiger partial charge in [0.2, 0.25) is 11.8 Å². The van der Waals surface area contributed by atoms with Crippen LogP contribution in [0.2, 0.25) is 0 Å². The van der Waals surface area contributed by atoms with Crippen LogP contribution in [0.3, 0.4) is 0 Å². The van der Waals surface area contributed by atoms with Crippen LogP contribution in [0.4, 0.5) is 5.00 Å². The Balaban J connectivity index is 1.28. The van der Waals surface area contributed by atoms with Gasteiger partial charge in [-0.3, -0.25) is 19.3 Å². The maximum atomic E-state index is 12.8. The second kappa shape index (κ2) is 9.47. The number of thiophene rings is 1. The van der Waals surface area contributed by atoms with E-state index < -0.39 is 5.91 Å². The molecule has 0 aromatic carbocycles. The number of likely N-dealkylation sites (tertiary alicyclic amines) is 2. The molecule has 3 aliphatic rings. The number of piperidine rings is 1. The fourth-order valence-electron chi connectivity index (χ4n) is 5.01. The fraction of sp³-hybridized carbons (Fsp3) is 0.682. The first-order valence-electron chi connectivity index (χ1n) is 11.3. The van der Waals surface area contributed by atoms with Crippen molar-refractivity contribution in [2.24, 2.45) is 11.7 Å². The van der Waals surface area contributed by atoms with Crippen LogP contribution in [-0.2, 0) is 22.4 Å². The van der Waals surface area contributed by atoms with E-state index in [-0.39, 0.29) is 18.4 Å². The molecule has 1 aromatic rings. The number of carbonyl (C=O) groups is 3. The highest BCUT2D eigenvalue weighted by Crippen LogP contribution is 2.38. The molecule has 0 unspecified atom stereocenters. The van der Waals surface area contributed by atoms with Gasteiger partial charge in [0.25, 0.3) is 5.91 Å². The minimum absolute atomic E-state index is 0.0872. The zero-order valence-electron chi connectivity index (χ0n) is 17.6. The fourth-order valence-corrected chi connectivity index (χ4v) is 6.32. The monoisotopic (exact) mass is 432 g/mol. The predicted molar refractivity (Wildman–Crippen MR) is 118 cm³/mol. The van der Waals surface area contributed by atoms with Gasteiger partial charge in [0.15, 0.2) is 0 Å². The van der Waals surface area contributed by atoms with Crippen LogP contribution in [0.1, 0.15) is 65.7 Å². The Hall–Kier alpha value is -1.93. The maximum absolute atomic E-state index is 12.8. The minimum atomic E-state index is -0.461. The van der Waals surface area contributed by atoms with Crippen molar-refractivity contribution in [2.75, 3.05) is 38.0 Å². The van der Waals surface area contributed by atoms with Gasteiger partial charge in [-0.2, -0.15) is 0 Å². The number of hydrogen-bond donors (Lipinski definition) is 2. The van der Waals surface area contributed by atoms with E-state index in [4.69, 9.17) is 5.73 Å². The summed E-state index contributed by atoms with van der Waals surface area (Å²) in [5, 5.41) is 3.52. The molecule has 1 aliphatic carbocycles. The highest BCUT2D eigenvalue weighted by Gasteiger charge is 2.30. The lowest BCUT2D eigenvalue weighted by atomic mass is 9.95. The van der Waals surface area contributed by atoms with E-state index in [0.717, 1.165) is 76.7 Å². The zero-order valence-corrected chi connectivity index (χ0v) is 18.4. The van der Waals surface area contributed by atoms with Crippen molar-refractivity contribution in [1.82, 2.24) is 9.80 Å². The van der Waals surface area contributed by atoms with Crippen LogP contribution in [0.15, 0.2) is 0 Å². The summed E-state index contributed by atoms with van der Waals surface area (Å²) in [7, 11) is 0. The third-order valence-electron chi connectivity index (χ3n) is 6.64. The largest absolute Gasteiger partial charge is 0.365 e. The second-order valence-electron chi connectivity index (χ2n) is 8.76. The van der Waals surface area contributed by atoms with E-state index in [9.17, 15) is 14.4 Å². The summed E-state index contributed by atoms with van der Waals surface area (Å²) in [4.78, 5) is 42.7. The van der Waals surface area contributed by atoms with Crippen molar-refractivity contribution in [3.05, 3.63) is 16.0 Å². The normalized spacial score (nSPS) is 20.6. The lowest BCUT2D eigenvalue weighted by Crippen LogP contribution is -2.44. The molecule has 4 rings (SSSR count). The summed E-state index contributed by atoms with van der Waals surface area (Å²) in [6.07, 6.45) is 9.15. The lowest BCUT2D eigenvalue weighted by molar-refractivity contribution is -0.137. The Morgan fingerprint density at radius 2 is 1.67 bits per heavy atom. The van der Waals surface area contributed by atoms with Crippen molar-refractivity contribution < 1.29 is 14.4 Å². The Kier molecular flexibility index (Phi) is 6.73. The number of nitrogens with two attached hydrogens (primary N) is 1. The molecule has 2 fully saturated rings. The first kappa shape index (κ1) is 21.3. The molecule has 7 nitrogen and oxygen atoms in total. The SMILES string of the molecule is NC(=O)c1c(NC(=O)CN2CCC(C(=O)N3CCCCCC3)CC2)sc2c1CCC2. The molecule has 8 heteroatoms. The van der Waals surface area contributed by atoms with Crippen molar-refractivity contribution in [3.8, 4) is 0 Å². The number of hydrogen-bond acceptors (Lipinski definition) is 5. The van der Waals surface area contributed by atoms with E-state index in [1.165, 1.54) is 29.1 Å². The Labute approximate surface area is 182 Å². The average molecular weight is 433 g/mol. The van der Waals surface area contributed by atoms with Crippen LogP contribution in [0.25, 0.3) is 0 Å². The Bertz CT molecular complexity index is 806. The molecule has 0 bridgehead atoms. The number of anilines is 1. The number of fused-ring (bicyclic) bond motifs is 1. The standard InChI is InChI=1S/C22H32N4O3S/c23-20(28)19-16-6-5-7-17(16)30-21(19)24-18(27)14-25-12-8-15(9-13-25)22(29)26-10-3-1-2-4-11-26/h15H,1-14H2,(H2,23,28)(H,24,27). The van der Waals surface area contributed by atoms with Crippen LogP contribution >= 0.6 is 11.3 Å². The molecule has 0 atom stereocenters. The smallest absolute Gasteiger partial charge is 0.251 e. The summed E-state index contributed by atoms with van der Waals surface area (Å²) >= 11 is 1.49. The number of primary amides is 1. The van der Waals surface area contributed by atoms with Gasteiger partial charge in [-0.25, -0.2) is 0 Å². The summed E-state index contributed by atoms with van der Waals surface area (Å²) in [5.41, 5.74) is 7.10. The van der Waals surface area contributed by atoms with Gasteiger partial charge in [-0.05, 0) is 63.6 Å². The molecule has 3 N–H and O–H groups in total. The molecule has 0 spiro atoms. The van der Waals surface area contributed by atoms with Gasteiger partial charge >= 0.3 is 0 Å². The van der Waals surface area contributed by atoms with E-state index in [0.29, 0.717) is 16.5 Å². The third kappa shape index (κ3) is 4.70. The first-order chi connectivity index (χ1) is 14.5. The zero-order chi connectivity index (χ0) is 21.1. The summed E-state index contributed by atoms with van der Waals surface area (Å²) in [5.74, 6) is -0.184. The summed E-state index contributed by atoms with van der Waals surface area (Å²) < 4.78 is 0. The van der Waals surface area contributed by atoms with Crippen molar-refractivity contribution in [1.29, 1.82) is 0 Å². The van der Waals surface area contributed by atoms with E-state index in [1.54, 1.807) is 0 Å². The molecule has 30 heavy (non-hydrogen) atoms. The molecule has 1 aromatic heterocycles. The molecule has 3 amide bonds. The maximum Gasteiger partial charge on any atom is 0.251 e. The van der Waals surface area contributed by atoms with E-state index >= 15 is 0 Å². The number of nitrogens with one attached hydrogen (secondary N) is 1. The van der Waals surface area contributed by atoms with Gasteiger partial charge < -0.3 is 16.0 Å². The van der Waals surface area contributed by atoms with Gasteiger partial charge in [0.1, 0.15) is 5.00 Å². The van der Waals surface area contributed by atoms with Gasteiger partial charge in [0.05, 0.1) is 12.1 Å². The number of carbonyl (C=O) groups excluding carboxylic acids is 3. The predicted octanol–water partition coefficient (Wildman–Crippen LogP) is 2.39. The van der Waals surface area contributed by atoms with Crippen LogP contribution in [-0.4, -0.2) is 60.2 Å². The van der Waals surface area contributed by atoms with E-state index in [1.807, 2.05) is 0 Å². The highest BCUT2D eigenvalue weighted by atomic mass is 32.1. The van der Waals surface area contributed by atoms with Gasteiger partial charge in [-0.15, -0.1) is 11.3 Å². The number of amides is 3. The minimum Gasteiger partial charge on any atom is -0.365 e. The Morgan fingerprint density at radius 1 is 0.967 bits per heavy atom. The molecule has 0 radical (unpaired) electrons. The lowest BCUT2D eigenvalue weighted by Gasteiger charge is -2.33. The molecule has 2 aliphatic heterocycles. The van der Waals surface area contributed by atoms with Gasteiger partial charge in [-0.1, -0.05) is 12.8 Å². The summed E-state index contributed by atoms with van der Waals surface area (Å²) in [6, 6.07) is 0. The third-order valence-corrected chi connectivity index (χ3v) is 7.85. The quantitative estimate of drug-likeness (QED) is 0.747. The molecule has 3 heterocycles. The second-order valence-corrected chi connectivity index (χ2v) is 9.87. The molecule has 2 saturated heterocycles. The highest BCUT2D eigenvalue weighted by molar-refractivity contribution is 7.17.